The van der Waals surface area contributed by atoms with Crippen molar-refractivity contribution >= 4 is 11.5 Å². The van der Waals surface area contributed by atoms with Crippen LogP contribution >= 0.6 is 0 Å². The second kappa shape index (κ2) is 2.97. The van der Waals surface area contributed by atoms with E-state index in [2.05, 4.69) is 15.4 Å². The Kier molecular flexibility index (Phi) is 1.80. The summed E-state index contributed by atoms with van der Waals surface area (Å²) in [6, 6.07) is 3.74. The number of hydrazine groups is 1. The molecule has 0 aliphatic carbocycles. The fourth-order valence-corrected chi connectivity index (χ4v) is 1.28. The van der Waals surface area contributed by atoms with Crippen molar-refractivity contribution in [3.63, 3.8) is 0 Å². The number of aromatic nitrogens is 3. The molecular formula is C8H8N6. The first-order valence-electron chi connectivity index (χ1n) is 3.97. The van der Waals surface area contributed by atoms with Gasteiger partial charge in [-0.25, -0.2) is 15.8 Å². The van der Waals surface area contributed by atoms with Gasteiger partial charge in [0.1, 0.15) is 18.2 Å². The van der Waals surface area contributed by atoms with Crippen LogP contribution in [-0.2, 0) is 0 Å². The maximum absolute atomic E-state index is 8.76. The van der Waals surface area contributed by atoms with Crippen LogP contribution in [0.5, 0.6) is 0 Å². The Morgan fingerprint density at radius 3 is 3.07 bits per heavy atom. The van der Waals surface area contributed by atoms with E-state index in [9.17, 15) is 0 Å². The van der Waals surface area contributed by atoms with E-state index in [-0.39, 0.29) is 0 Å². The summed E-state index contributed by atoms with van der Waals surface area (Å²) in [7, 11) is 0. The third kappa shape index (κ3) is 1.08. The van der Waals surface area contributed by atoms with Gasteiger partial charge >= 0.3 is 0 Å². The van der Waals surface area contributed by atoms with Gasteiger partial charge in [0, 0.05) is 11.8 Å². The van der Waals surface area contributed by atoms with Gasteiger partial charge < -0.3 is 5.43 Å². The average molecular weight is 188 g/mol. The van der Waals surface area contributed by atoms with Crippen molar-refractivity contribution in [1.29, 1.82) is 5.26 Å². The Bertz CT molecular complexity index is 520. The average Bonchev–Trinajstić information content (AvgIpc) is 2.59. The van der Waals surface area contributed by atoms with E-state index in [0.29, 0.717) is 17.2 Å². The molecule has 2 rings (SSSR count). The van der Waals surface area contributed by atoms with Crippen molar-refractivity contribution in [3.8, 4) is 6.07 Å². The number of aryl methyl sites for hydroxylation is 1. The zero-order valence-electron chi connectivity index (χ0n) is 7.52. The molecule has 0 aromatic carbocycles. The molecule has 3 N–H and O–H groups in total. The fourth-order valence-electron chi connectivity index (χ4n) is 1.28. The lowest BCUT2D eigenvalue weighted by molar-refractivity contribution is 1.06. The van der Waals surface area contributed by atoms with Crippen molar-refractivity contribution in [2.24, 2.45) is 5.84 Å². The van der Waals surface area contributed by atoms with Crippen molar-refractivity contribution < 1.29 is 0 Å². The van der Waals surface area contributed by atoms with Crippen LogP contribution in [0.25, 0.3) is 5.65 Å². The Balaban J connectivity index is 2.85. The summed E-state index contributed by atoms with van der Waals surface area (Å²) in [6.45, 7) is 1.83. The van der Waals surface area contributed by atoms with Crippen LogP contribution in [0.4, 0.5) is 5.82 Å². The Labute approximate surface area is 80.0 Å². The highest BCUT2D eigenvalue weighted by molar-refractivity contribution is 5.57. The minimum atomic E-state index is 0.296. The van der Waals surface area contributed by atoms with Crippen LogP contribution in [-0.4, -0.2) is 14.4 Å². The lowest BCUT2D eigenvalue weighted by Crippen LogP contribution is -2.11. The Hall–Kier alpha value is -2.13. The summed E-state index contributed by atoms with van der Waals surface area (Å²) in [5.41, 5.74) is 4.11. The molecule has 14 heavy (non-hydrogen) atoms. The number of nitrogens with zero attached hydrogens (tertiary/aromatic N) is 4. The number of anilines is 1. The van der Waals surface area contributed by atoms with Crippen LogP contribution in [0.3, 0.4) is 0 Å². The molecule has 0 saturated carbocycles. The highest BCUT2D eigenvalue weighted by atomic mass is 15.3. The van der Waals surface area contributed by atoms with E-state index in [4.69, 9.17) is 11.1 Å². The number of imidazole rings is 1. The highest BCUT2D eigenvalue weighted by Crippen LogP contribution is 2.13. The van der Waals surface area contributed by atoms with Crippen LogP contribution in [0.1, 0.15) is 11.4 Å². The van der Waals surface area contributed by atoms with Gasteiger partial charge in [-0.3, -0.25) is 4.40 Å². The Morgan fingerprint density at radius 1 is 1.64 bits per heavy atom. The van der Waals surface area contributed by atoms with Crippen LogP contribution in [0.2, 0.25) is 0 Å². The topological polar surface area (TPSA) is 92.0 Å². The maximum atomic E-state index is 8.76. The van der Waals surface area contributed by atoms with Gasteiger partial charge in [0.2, 0.25) is 0 Å². The van der Waals surface area contributed by atoms with Gasteiger partial charge in [-0.1, -0.05) is 0 Å². The fraction of sp³-hybridized carbons (Fsp3) is 0.125. The second-order valence-corrected chi connectivity index (χ2v) is 2.83. The molecule has 0 atom stereocenters. The van der Waals surface area contributed by atoms with Crippen LogP contribution in [0, 0.1) is 18.3 Å². The number of rotatable bonds is 1. The molecule has 6 nitrogen and oxygen atoms in total. The van der Waals surface area contributed by atoms with E-state index in [1.54, 1.807) is 10.5 Å². The molecule has 0 spiro atoms. The monoisotopic (exact) mass is 188 g/mol. The SMILES string of the molecule is Cc1cc(NN)n2cnc(C#N)c2n1. The molecule has 0 fully saturated rings. The molecule has 0 aliphatic heterocycles. The molecule has 0 radical (unpaired) electrons. The summed E-state index contributed by atoms with van der Waals surface area (Å²) in [6.07, 6.45) is 1.51. The van der Waals surface area contributed by atoms with Crippen molar-refractivity contribution in [1.82, 2.24) is 14.4 Å². The highest BCUT2D eigenvalue weighted by Gasteiger charge is 2.08. The van der Waals surface area contributed by atoms with Gasteiger partial charge in [0.25, 0.3) is 0 Å². The first-order valence-corrected chi connectivity index (χ1v) is 3.97. The van der Waals surface area contributed by atoms with Crippen LogP contribution in [0.15, 0.2) is 12.4 Å². The largest absolute Gasteiger partial charge is 0.309 e. The normalized spacial score (nSPS) is 10.1. The maximum Gasteiger partial charge on any atom is 0.185 e. The summed E-state index contributed by atoms with van der Waals surface area (Å²) >= 11 is 0. The summed E-state index contributed by atoms with van der Waals surface area (Å²) in [5.74, 6) is 5.98. The van der Waals surface area contributed by atoms with Gasteiger partial charge in [-0.15, -0.1) is 0 Å². The van der Waals surface area contributed by atoms with Crippen molar-refractivity contribution in [2.75, 3.05) is 5.43 Å². The molecule has 6 heteroatoms. The molecule has 2 heterocycles. The molecule has 0 aliphatic rings. The third-order valence-corrected chi connectivity index (χ3v) is 1.88. The number of fused-ring (bicyclic) bond motifs is 1. The Morgan fingerprint density at radius 2 is 2.43 bits per heavy atom. The van der Waals surface area contributed by atoms with Crippen molar-refractivity contribution in [2.45, 2.75) is 6.92 Å². The predicted molar refractivity (Wildman–Crippen MR) is 50.2 cm³/mol. The predicted octanol–water partition coefficient (Wildman–Crippen LogP) is 0.195. The molecule has 0 unspecified atom stereocenters. The van der Waals surface area contributed by atoms with Gasteiger partial charge in [0.05, 0.1) is 0 Å². The van der Waals surface area contributed by atoms with Crippen LogP contribution < -0.4 is 11.3 Å². The molecular weight excluding hydrogens is 180 g/mol. The van der Waals surface area contributed by atoms with E-state index in [1.807, 2.05) is 13.0 Å². The molecule has 0 saturated heterocycles. The third-order valence-electron chi connectivity index (χ3n) is 1.88. The van der Waals surface area contributed by atoms with E-state index in [1.165, 1.54) is 6.33 Å². The molecule has 70 valence electrons. The van der Waals surface area contributed by atoms with Crippen molar-refractivity contribution in [3.05, 3.63) is 23.8 Å². The quantitative estimate of drug-likeness (QED) is 0.492. The van der Waals surface area contributed by atoms with E-state index < -0.39 is 0 Å². The molecule has 0 bridgehead atoms. The van der Waals surface area contributed by atoms with Gasteiger partial charge in [-0.2, -0.15) is 5.26 Å². The van der Waals surface area contributed by atoms with Gasteiger partial charge in [-0.05, 0) is 6.92 Å². The molecule has 2 aromatic rings. The molecule has 2 aromatic heterocycles. The van der Waals surface area contributed by atoms with Gasteiger partial charge in [0.15, 0.2) is 11.3 Å². The number of hydrogen-bond acceptors (Lipinski definition) is 5. The number of nitriles is 1. The summed E-state index contributed by atoms with van der Waals surface area (Å²) in [5, 5.41) is 8.76. The molecule has 0 amide bonds. The lowest BCUT2D eigenvalue weighted by Gasteiger charge is -2.04. The summed E-state index contributed by atoms with van der Waals surface area (Å²) < 4.78 is 1.63. The van der Waals surface area contributed by atoms with E-state index in [0.717, 1.165) is 5.69 Å². The minimum Gasteiger partial charge on any atom is -0.309 e. The zero-order valence-corrected chi connectivity index (χ0v) is 7.52. The minimum absolute atomic E-state index is 0.296. The number of nitrogen functional groups attached to an aromatic ring is 1. The smallest absolute Gasteiger partial charge is 0.185 e. The first-order chi connectivity index (χ1) is 6.76. The van der Waals surface area contributed by atoms with E-state index >= 15 is 0 Å². The standard InChI is InChI=1S/C8H8N6/c1-5-2-7(13-10)14-4-11-6(3-9)8(14)12-5/h2,4,13H,10H2,1H3. The number of hydrogen-bond donors (Lipinski definition) is 2. The summed E-state index contributed by atoms with van der Waals surface area (Å²) in [4.78, 5) is 8.10. The zero-order chi connectivity index (χ0) is 10.1. The lowest BCUT2D eigenvalue weighted by atomic mass is 10.4. The first kappa shape index (κ1) is 8.47. The number of nitrogens with one attached hydrogen (secondary N) is 1. The second-order valence-electron chi connectivity index (χ2n) is 2.83. The number of nitrogens with two attached hydrogens (primary N) is 1.